The number of quaternary nitrogens is 1. The minimum absolute atomic E-state index is 0.188. The summed E-state index contributed by atoms with van der Waals surface area (Å²) in [7, 11) is 1.58. The van der Waals surface area contributed by atoms with Gasteiger partial charge >= 0.3 is 0 Å². The van der Waals surface area contributed by atoms with Crippen LogP contribution < -0.4 is 26.4 Å². The highest BCUT2D eigenvalue weighted by Gasteiger charge is 2.18. The van der Waals surface area contributed by atoms with Crippen molar-refractivity contribution in [1.29, 1.82) is 0 Å². The Balaban J connectivity index is 2.56. The van der Waals surface area contributed by atoms with Crippen molar-refractivity contribution in [3.63, 3.8) is 0 Å². The lowest BCUT2D eigenvalue weighted by Crippen LogP contribution is -2.93. The Morgan fingerprint density at radius 1 is 1.37 bits per heavy atom. The third-order valence-corrected chi connectivity index (χ3v) is 3.77. The molecule has 0 saturated heterocycles. The fourth-order valence-electron chi connectivity index (χ4n) is 2.24. The summed E-state index contributed by atoms with van der Waals surface area (Å²) in [5.74, 6) is -1.67. The standard InChI is InChI=1S/C18H26N4O4S/c1-3-8-20-18(27)22-14-7-4-6-13(11-14)21-16(23)12-15(17(24)25)19-9-5-10-26-2/h3-4,6-7,11,15,19H,1,5,8-10,12H2,2H3,(H,21,23)(H,24,25)(H2,20,22,27)/t15-/m1/s1. The molecule has 0 aromatic heterocycles. The third-order valence-electron chi connectivity index (χ3n) is 3.52. The number of carbonyl (C=O) groups excluding carboxylic acids is 2. The van der Waals surface area contributed by atoms with E-state index in [1.807, 2.05) is 0 Å². The van der Waals surface area contributed by atoms with E-state index in [9.17, 15) is 14.7 Å². The molecule has 0 aliphatic rings. The van der Waals surface area contributed by atoms with Crippen LogP contribution in [0, 0.1) is 0 Å². The Morgan fingerprint density at radius 2 is 2.07 bits per heavy atom. The fourth-order valence-corrected chi connectivity index (χ4v) is 2.44. The minimum Gasteiger partial charge on any atom is -0.544 e. The van der Waals surface area contributed by atoms with Gasteiger partial charge in [-0.2, -0.15) is 0 Å². The average molecular weight is 394 g/mol. The van der Waals surface area contributed by atoms with Gasteiger partial charge in [0.2, 0.25) is 5.91 Å². The van der Waals surface area contributed by atoms with Gasteiger partial charge in [0.05, 0.1) is 25.5 Å². The van der Waals surface area contributed by atoms with Gasteiger partial charge in [-0.1, -0.05) is 12.1 Å². The molecule has 9 heteroatoms. The van der Waals surface area contributed by atoms with Crippen LogP contribution in [0.4, 0.5) is 11.4 Å². The Hall–Kier alpha value is -2.49. The number of aliphatic carboxylic acids is 1. The zero-order chi connectivity index (χ0) is 20.1. The zero-order valence-corrected chi connectivity index (χ0v) is 16.1. The number of nitrogens with two attached hydrogens (primary N) is 1. The number of hydrogen-bond donors (Lipinski definition) is 4. The maximum atomic E-state index is 12.2. The molecule has 8 nitrogen and oxygen atoms in total. The van der Waals surface area contributed by atoms with Gasteiger partial charge in [-0.3, -0.25) is 4.79 Å². The first-order chi connectivity index (χ1) is 13.0. The molecule has 0 saturated carbocycles. The van der Waals surface area contributed by atoms with E-state index in [2.05, 4.69) is 22.5 Å². The molecule has 0 bridgehead atoms. The number of carboxylic acids is 1. The van der Waals surface area contributed by atoms with E-state index >= 15 is 0 Å². The molecule has 0 radical (unpaired) electrons. The number of benzene rings is 1. The van der Waals surface area contributed by atoms with E-state index in [1.54, 1.807) is 42.8 Å². The predicted molar refractivity (Wildman–Crippen MR) is 106 cm³/mol. The molecular formula is C18H26N4O4S. The zero-order valence-electron chi connectivity index (χ0n) is 15.3. The number of anilines is 2. The maximum absolute atomic E-state index is 12.2. The normalized spacial score (nSPS) is 11.3. The molecule has 1 amide bonds. The Morgan fingerprint density at radius 3 is 2.70 bits per heavy atom. The lowest BCUT2D eigenvalue weighted by Gasteiger charge is -2.16. The topological polar surface area (TPSA) is 119 Å². The number of carbonyl (C=O) groups is 2. The van der Waals surface area contributed by atoms with Crippen molar-refractivity contribution in [3.8, 4) is 0 Å². The van der Waals surface area contributed by atoms with Gasteiger partial charge in [0.15, 0.2) is 5.11 Å². The minimum atomic E-state index is -1.27. The summed E-state index contributed by atoms with van der Waals surface area (Å²) >= 11 is 5.13. The van der Waals surface area contributed by atoms with E-state index in [0.717, 1.165) is 0 Å². The molecule has 27 heavy (non-hydrogen) atoms. The van der Waals surface area contributed by atoms with Gasteiger partial charge in [-0.05, 0) is 30.4 Å². The van der Waals surface area contributed by atoms with Crippen molar-refractivity contribution in [1.82, 2.24) is 5.32 Å². The summed E-state index contributed by atoms with van der Waals surface area (Å²) in [6.45, 7) is 5.20. The first-order valence-electron chi connectivity index (χ1n) is 8.55. The molecule has 0 unspecified atom stereocenters. The van der Waals surface area contributed by atoms with Gasteiger partial charge in [-0.25, -0.2) is 0 Å². The molecule has 1 atom stereocenters. The number of ether oxygens (including phenoxy) is 1. The van der Waals surface area contributed by atoms with Crippen LogP contribution in [-0.4, -0.2) is 49.8 Å². The van der Waals surface area contributed by atoms with Gasteiger partial charge < -0.3 is 35.9 Å². The second-order valence-electron chi connectivity index (χ2n) is 5.75. The second-order valence-corrected chi connectivity index (χ2v) is 6.16. The molecule has 0 fully saturated rings. The summed E-state index contributed by atoms with van der Waals surface area (Å²) in [6, 6.07) is 6.01. The Labute approximate surface area is 164 Å². The van der Waals surface area contributed by atoms with E-state index in [-0.39, 0.29) is 6.42 Å². The summed E-state index contributed by atoms with van der Waals surface area (Å²) in [5.41, 5.74) is 1.23. The van der Waals surface area contributed by atoms with Gasteiger partial charge in [-0.15, -0.1) is 6.58 Å². The number of thiocarbonyl (C=S) groups is 1. The smallest absolute Gasteiger partial charge is 0.230 e. The number of amides is 1. The molecule has 5 N–H and O–H groups in total. The molecule has 1 aromatic carbocycles. The lowest BCUT2D eigenvalue weighted by atomic mass is 10.2. The number of nitrogens with one attached hydrogen (secondary N) is 3. The second kappa shape index (κ2) is 12.8. The number of rotatable bonds is 12. The predicted octanol–water partition coefficient (Wildman–Crippen LogP) is -0.794. The molecule has 1 rings (SSSR count). The van der Waals surface area contributed by atoms with Gasteiger partial charge in [0.25, 0.3) is 0 Å². The highest BCUT2D eigenvalue weighted by atomic mass is 32.1. The summed E-state index contributed by atoms with van der Waals surface area (Å²) in [4.78, 5) is 23.4. The molecule has 0 aliphatic carbocycles. The summed E-state index contributed by atoms with van der Waals surface area (Å²) in [6.07, 6.45) is 2.19. The van der Waals surface area contributed by atoms with E-state index in [1.165, 1.54) is 0 Å². The van der Waals surface area contributed by atoms with Crippen molar-refractivity contribution in [2.75, 3.05) is 37.4 Å². The van der Waals surface area contributed by atoms with Gasteiger partial charge in [0.1, 0.15) is 6.04 Å². The van der Waals surface area contributed by atoms with Crippen LogP contribution in [0.5, 0.6) is 0 Å². The molecule has 0 heterocycles. The number of hydrogen-bond acceptors (Lipinski definition) is 5. The maximum Gasteiger partial charge on any atom is 0.230 e. The first kappa shape index (κ1) is 22.6. The Kier molecular flexibility index (Phi) is 10.7. The molecule has 0 aliphatic heterocycles. The third kappa shape index (κ3) is 9.69. The molecular weight excluding hydrogens is 368 g/mol. The van der Waals surface area contributed by atoms with Gasteiger partial charge in [0, 0.05) is 31.5 Å². The summed E-state index contributed by atoms with van der Waals surface area (Å²) in [5, 5.41) is 21.8. The fraction of sp³-hybridized carbons (Fsp3) is 0.389. The monoisotopic (exact) mass is 394 g/mol. The average Bonchev–Trinajstić information content (AvgIpc) is 2.62. The summed E-state index contributed by atoms with van der Waals surface area (Å²) < 4.78 is 4.92. The largest absolute Gasteiger partial charge is 0.544 e. The van der Waals surface area contributed by atoms with E-state index < -0.39 is 17.9 Å². The Bertz CT molecular complexity index is 654. The quantitative estimate of drug-likeness (QED) is 0.208. The highest BCUT2D eigenvalue weighted by molar-refractivity contribution is 7.80. The number of carboxylic acid groups (broad SMARTS) is 1. The molecule has 148 valence electrons. The van der Waals surface area contributed by atoms with Crippen molar-refractivity contribution >= 4 is 40.6 Å². The van der Waals surface area contributed by atoms with E-state index in [4.69, 9.17) is 17.0 Å². The van der Waals surface area contributed by atoms with Crippen LogP contribution in [0.2, 0.25) is 0 Å². The van der Waals surface area contributed by atoms with Crippen LogP contribution in [0.15, 0.2) is 36.9 Å². The molecule has 1 aromatic rings. The van der Waals surface area contributed by atoms with Crippen molar-refractivity contribution < 1.29 is 24.7 Å². The van der Waals surface area contributed by atoms with E-state index in [0.29, 0.717) is 42.6 Å². The van der Waals surface area contributed by atoms with Crippen molar-refractivity contribution in [2.24, 2.45) is 0 Å². The van der Waals surface area contributed by atoms with Crippen molar-refractivity contribution in [3.05, 3.63) is 36.9 Å². The van der Waals surface area contributed by atoms with Crippen LogP contribution in [0.3, 0.4) is 0 Å². The SMILES string of the molecule is C=CCNC(=S)Nc1cccc(NC(=O)C[C@@H]([NH2+]CCCOC)C(=O)[O-])c1. The highest BCUT2D eigenvalue weighted by Crippen LogP contribution is 2.15. The number of methoxy groups -OCH3 is 1. The van der Waals surface area contributed by atoms with Crippen LogP contribution in [0.25, 0.3) is 0 Å². The van der Waals surface area contributed by atoms with Crippen molar-refractivity contribution in [2.45, 2.75) is 18.9 Å². The van der Waals surface area contributed by atoms with Crippen LogP contribution >= 0.6 is 12.2 Å². The van der Waals surface area contributed by atoms with Crippen LogP contribution in [0.1, 0.15) is 12.8 Å². The molecule has 0 spiro atoms. The first-order valence-corrected chi connectivity index (χ1v) is 8.96. The lowest BCUT2D eigenvalue weighted by molar-refractivity contribution is -0.682. The van der Waals surface area contributed by atoms with Crippen LogP contribution in [-0.2, 0) is 14.3 Å².